The number of aromatic hydroxyl groups is 1. The van der Waals surface area contributed by atoms with Gasteiger partial charge in [0.2, 0.25) is 0 Å². The molecule has 0 saturated carbocycles. The summed E-state index contributed by atoms with van der Waals surface area (Å²) in [4.78, 5) is 14.6. The second kappa shape index (κ2) is 8.41. The van der Waals surface area contributed by atoms with Crippen LogP contribution in [0.25, 0.3) is 11.0 Å². The molecule has 4 rings (SSSR count). The first-order valence-corrected chi connectivity index (χ1v) is 10.7. The minimum atomic E-state index is -0.641. The van der Waals surface area contributed by atoms with E-state index in [0.29, 0.717) is 35.6 Å². The van der Waals surface area contributed by atoms with Crippen LogP contribution < -0.4 is 10.2 Å². The van der Waals surface area contributed by atoms with Crippen molar-refractivity contribution in [1.29, 1.82) is 0 Å². The van der Waals surface area contributed by atoms with Crippen LogP contribution in [0.2, 0.25) is 0 Å². The van der Waals surface area contributed by atoms with Gasteiger partial charge in [-0.25, -0.2) is 0 Å². The monoisotopic (exact) mass is 473 g/mol. The second-order valence-electron chi connectivity index (χ2n) is 7.87. The fourth-order valence-corrected chi connectivity index (χ4v) is 4.33. The molecule has 1 fully saturated rings. The normalized spacial score (nSPS) is 19.9. The number of ether oxygens (including phenoxy) is 1. The molecule has 1 aromatic heterocycles. The maximum absolute atomic E-state index is 12.6. The summed E-state index contributed by atoms with van der Waals surface area (Å²) < 4.78 is 13.0. The van der Waals surface area contributed by atoms with Crippen LogP contribution in [0.1, 0.15) is 29.2 Å². The number of piperidine rings is 1. The Bertz CT molecular complexity index is 1130. The van der Waals surface area contributed by atoms with Crippen LogP contribution in [-0.2, 0) is 6.61 Å². The molecule has 0 spiro atoms. The average molecular weight is 474 g/mol. The first-order valence-electron chi connectivity index (χ1n) is 9.87. The zero-order valence-electron chi connectivity index (χ0n) is 16.9. The summed E-state index contributed by atoms with van der Waals surface area (Å²) >= 11 is 3.42. The number of hydrogen-bond donors (Lipinski definition) is 2. The summed E-state index contributed by atoms with van der Waals surface area (Å²) in [5.74, 6) is 0.413. The molecule has 30 heavy (non-hydrogen) atoms. The van der Waals surface area contributed by atoms with E-state index in [2.05, 4.69) is 20.8 Å². The molecule has 0 bridgehead atoms. The lowest BCUT2D eigenvalue weighted by molar-refractivity contribution is 0.0626. The lowest BCUT2D eigenvalue weighted by atomic mass is 9.85. The predicted octanol–water partition coefficient (Wildman–Crippen LogP) is 3.93. The highest BCUT2D eigenvalue weighted by atomic mass is 79.9. The number of benzene rings is 2. The van der Waals surface area contributed by atoms with Gasteiger partial charge in [0, 0.05) is 34.6 Å². The van der Waals surface area contributed by atoms with Crippen molar-refractivity contribution in [3.63, 3.8) is 0 Å². The van der Waals surface area contributed by atoms with Crippen molar-refractivity contribution in [1.82, 2.24) is 4.90 Å². The smallest absolute Gasteiger partial charge is 0.196 e. The third-order valence-corrected chi connectivity index (χ3v) is 6.10. The van der Waals surface area contributed by atoms with Crippen LogP contribution in [-0.4, -0.2) is 41.4 Å². The number of β-amino-alcohol motifs (C(OH)–C–C–N with tert-alkyl or cyclic N) is 1. The zero-order valence-corrected chi connectivity index (χ0v) is 18.5. The first kappa shape index (κ1) is 20.9. The summed E-state index contributed by atoms with van der Waals surface area (Å²) in [6.07, 6.45) is 0.0430. The topological polar surface area (TPSA) is 83.1 Å². The molecule has 2 N–H and O–H groups in total. The second-order valence-corrected chi connectivity index (χ2v) is 8.79. The summed E-state index contributed by atoms with van der Waals surface area (Å²) in [6, 6.07) is 10.6. The van der Waals surface area contributed by atoms with Gasteiger partial charge in [-0.1, -0.05) is 28.1 Å². The van der Waals surface area contributed by atoms with Gasteiger partial charge in [-0.15, -0.1) is 0 Å². The quantitative estimate of drug-likeness (QED) is 0.597. The average Bonchev–Trinajstić information content (AvgIpc) is 2.68. The number of hydrogen-bond acceptors (Lipinski definition) is 6. The van der Waals surface area contributed by atoms with E-state index in [9.17, 15) is 15.0 Å². The Balaban J connectivity index is 1.83. The maximum Gasteiger partial charge on any atom is 0.196 e. The number of aryl methyl sites for hydroxylation is 1. The number of aliphatic hydroxyl groups excluding tert-OH is 1. The molecular weight excluding hydrogens is 450 g/mol. The van der Waals surface area contributed by atoms with E-state index in [-0.39, 0.29) is 29.1 Å². The van der Waals surface area contributed by atoms with Gasteiger partial charge in [0.05, 0.1) is 6.10 Å². The molecule has 1 aliphatic rings. The van der Waals surface area contributed by atoms with Gasteiger partial charge < -0.3 is 24.3 Å². The van der Waals surface area contributed by atoms with Crippen LogP contribution in [0.15, 0.2) is 50.1 Å². The molecule has 1 aliphatic heterocycles. The van der Waals surface area contributed by atoms with Crippen molar-refractivity contribution < 1.29 is 19.4 Å². The van der Waals surface area contributed by atoms with Crippen LogP contribution in [0.3, 0.4) is 0 Å². The Morgan fingerprint density at radius 3 is 2.70 bits per heavy atom. The minimum absolute atomic E-state index is 0.123. The molecule has 2 unspecified atom stereocenters. The number of phenols is 1. The van der Waals surface area contributed by atoms with E-state index in [1.54, 1.807) is 6.92 Å². The van der Waals surface area contributed by atoms with E-state index >= 15 is 0 Å². The van der Waals surface area contributed by atoms with Gasteiger partial charge in [0.25, 0.3) is 0 Å². The van der Waals surface area contributed by atoms with Gasteiger partial charge in [-0.2, -0.15) is 0 Å². The Hall–Kier alpha value is -2.35. The van der Waals surface area contributed by atoms with Crippen molar-refractivity contribution in [2.75, 3.05) is 20.1 Å². The van der Waals surface area contributed by atoms with Crippen molar-refractivity contribution in [2.45, 2.75) is 32.0 Å². The molecule has 7 heteroatoms. The van der Waals surface area contributed by atoms with Gasteiger partial charge in [0.1, 0.15) is 34.8 Å². The van der Waals surface area contributed by atoms with Crippen molar-refractivity contribution in [3.8, 4) is 11.5 Å². The molecule has 0 radical (unpaired) electrons. The number of aliphatic hydroxyl groups is 1. The number of fused-ring (bicyclic) bond motifs is 1. The van der Waals surface area contributed by atoms with Crippen LogP contribution in [0, 0.1) is 6.92 Å². The Kier molecular flexibility index (Phi) is 5.86. The highest BCUT2D eigenvalue weighted by molar-refractivity contribution is 9.10. The van der Waals surface area contributed by atoms with Crippen molar-refractivity contribution in [3.05, 3.63) is 68.0 Å². The first-order chi connectivity index (χ1) is 14.3. The van der Waals surface area contributed by atoms with E-state index in [1.165, 1.54) is 12.1 Å². The molecule has 0 aliphatic carbocycles. The lowest BCUT2D eigenvalue weighted by Gasteiger charge is -2.34. The predicted molar refractivity (Wildman–Crippen MR) is 118 cm³/mol. The minimum Gasteiger partial charge on any atom is -0.507 e. The largest absolute Gasteiger partial charge is 0.507 e. The summed E-state index contributed by atoms with van der Waals surface area (Å²) in [5, 5.41) is 21.5. The zero-order chi connectivity index (χ0) is 21.4. The van der Waals surface area contributed by atoms with Crippen molar-refractivity contribution >= 4 is 26.9 Å². The van der Waals surface area contributed by atoms with Gasteiger partial charge in [-0.05, 0) is 44.6 Å². The molecule has 2 aromatic carbocycles. The maximum atomic E-state index is 12.6. The third kappa shape index (κ3) is 4.10. The molecule has 6 nitrogen and oxygen atoms in total. The molecule has 2 atom stereocenters. The number of likely N-dealkylation sites (tertiary alicyclic amines) is 1. The molecule has 1 saturated heterocycles. The van der Waals surface area contributed by atoms with Gasteiger partial charge >= 0.3 is 0 Å². The van der Waals surface area contributed by atoms with E-state index in [0.717, 1.165) is 16.6 Å². The Labute approximate surface area is 182 Å². The van der Waals surface area contributed by atoms with E-state index < -0.39 is 6.10 Å². The summed E-state index contributed by atoms with van der Waals surface area (Å²) in [6.45, 7) is 3.29. The Morgan fingerprint density at radius 1 is 1.27 bits per heavy atom. The van der Waals surface area contributed by atoms with Gasteiger partial charge in [-0.3, -0.25) is 4.79 Å². The number of halogens is 1. The lowest BCUT2D eigenvalue weighted by Crippen LogP contribution is -2.40. The van der Waals surface area contributed by atoms with Crippen LogP contribution in [0.5, 0.6) is 11.5 Å². The molecule has 0 amide bonds. The number of phenolic OH excluding ortho intramolecular Hbond substituents is 1. The van der Waals surface area contributed by atoms with E-state index in [4.69, 9.17) is 9.15 Å². The highest BCUT2D eigenvalue weighted by Gasteiger charge is 2.33. The SMILES string of the molecule is Cc1cc(=O)c2c(O)cc(OCc3ccc(Br)cc3)c(C3CCN(C)CC3O)c2o1. The molecule has 2 heterocycles. The number of likely N-dealkylation sites (N-methyl/N-ethyl adjacent to an activating group) is 1. The van der Waals surface area contributed by atoms with Crippen molar-refractivity contribution in [2.24, 2.45) is 0 Å². The Morgan fingerprint density at radius 2 is 2.00 bits per heavy atom. The van der Waals surface area contributed by atoms with E-state index in [1.807, 2.05) is 31.3 Å². The van der Waals surface area contributed by atoms with Gasteiger partial charge in [0.15, 0.2) is 5.43 Å². The fraction of sp³-hybridized carbons (Fsp3) is 0.348. The molecule has 158 valence electrons. The molecular formula is C23H24BrNO5. The summed E-state index contributed by atoms with van der Waals surface area (Å²) in [7, 11) is 1.96. The third-order valence-electron chi connectivity index (χ3n) is 5.57. The molecule has 3 aromatic rings. The standard InChI is InChI=1S/C23H24BrNO5/c1-13-9-17(26)22-18(27)10-20(29-12-14-3-5-15(24)6-4-14)21(23(22)30-13)16-7-8-25(2)11-19(16)28/h3-6,9-10,16,19,27-28H,7-8,11-12H2,1-2H3. The van der Waals surface area contributed by atoms with Crippen LogP contribution >= 0.6 is 15.9 Å². The number of nitrogens with zero attached hydrogens (tertiary/aromatic N) is 1. The number of rotatable bonds is 4. The fourth-order valence-electron chi connectivity index (χ4n) is 4.07. The van der Waals surface area contributed by atoms with Crippen LogP contribution in [0.4, 0.5) is 0 Å². The highest BCUT2D eigenvalue weighted by Crippen LogP contribution is 2.42. The summed E-state index contributed by atoms with van der Waals surface area (Å²) in [5.41, 5.74) is 1.58.